The molecular weight excluding hydrogens is 500 g/mol. The van der Waals surface area contributed by atoms with E-state index in [1.54, 1.807) is 30.3 Å². The van der Waals surface area contributed by atoms with Crippen molar-refractivity contribution in [1.82, 2.24) is 10.9 Å². The Balaban J connectivity index is 1.43. The van der Waals surface area contributed by atoms with Crippen LogP contribution in [0.2, 0.25) is 5.02 Å². The molecule has 0 saturated heterocycles. The van der Waals surface area contributed by atoms with Crippen molar-refractivity contribution in [3.05, 3.63) is 82.9 Å². The number of halogens is 1. The first-order chi connectivity index (χ1) is 16.2. The van der Waals surface area contributed by atoms with Gasteiger partial charge in [0.1, 0.15) is 0 Å². The highest BCUT2D eigenvalue weighted by molar-refractivity contribution is 8.00. The molecule has 9 nitrogen and oxygen atoms in total. The van der Waals surface area contributed by atoms with Crippen LogP contribution < -0.4 is 20.9 Å². The lowest BCUT2D eigenvalue weighted by molar-refractivity contribution is -0.113. The van der Waals surface area contributed by atoms with E-state index in [1.807, 2.05) is 0 Å². The van der Waals surface area contributed by atoms with E-state index < -0.39 is 21.8 Å². The van der Waals surface area contributed by atoms with Gasteiger partial charge in [0, 0.05) is 16.0 Å². The molecule has 3 aromatic carbocycles. The van der Waals surface area contributed by atoms with Gasteiger partial charge >= 0.3 is 0 Å². The normalized spacial score (nSPS) is 12.8. The Morgan fingerprint density at radius 2 is 1.62 bits per heavy atom. The van der Waals surface area contributed by atoms with Crippen LogP contribution in [0.15, 0.2) is 76.5 Å². The molecule has 1 aliphatic rings. The summed E-state index contributed by atoms with van der Waals surface area (Å²) in [4.78, 5) is 37.2. The van der Waals surface area contributed by atoms with Gasteiger partial charge in [0.2, 0.25) is 5.91 Å². The van der Waals surface area contributed by atoms with Crippen molar-refractivity contribution in [2.45, 2.75) is 9.79 Å². The molecule has 0 aliphatic carbocycles. The summed E-state index contributed by atoms with van der Waals surface area (Å²) in [6.07, 6.45) is 0. The second kappa shape index (κ2) is 9.75. The van der Waals surface area contributed by atoms with Crippen molar-refractivity contribution in [1.29, 1.82) is 0 Å². The Hall–Kier alpha value is -3.54. The molecule has 0 saturated carbocycles. The average Bonchev–Trinajstić information content (AvgIpc) is 2.83. The maximum absolute atomic E-state index is 12.7. The van der Waals surface area contributed by atoms with E-state index in [0.717, 1.165) is 4.90 Å². The molecule has 0 bridgehead atoms. The standard InChI is InChI=1S/C22H17ClN4O5S2/c23-16-6-1-2-7-17(16)27-34(31,32)15-5-3-4-13(10-15)21(29)25-26-22(30)14-8-9-19-18(11-14)24-20(28)12-33-19/h1-11,27H,12H2,(H,24,28)(H,25,29)(H,26,30). The first-order valence-electron chi connectivity index (χ1n) is 9.78. The van der Waals surface area contributed by atoms with Crippen LogP contribution >= 0.6 is 23.4 Å². The van der Waals surface area contributed by atoms with Crippen LogP contribution in [0.25, 0.3) is 0 Å². The molecule has 0 radical (unpaired) electrons. The Kier molecular flexibility index (Phi) is 6.77. The average molecular weight is 517 g/mol. The molecule has 0 aromatic heterocycles. The molecule has 12 heteroatoms. The number of fused-ring (bicyclic) bond motifs is 1. The van der Waals surface area contributed by atoms with Gasteiger partial charge in [0.05, 0.1) is 27.0 Å². The number of carbonyl (C=O) groups is 3. The maximum Gasteiger partial charge on any atom is 0.269 e. The number of hydrogen-bond donors (Lipinski definition) is 4. The smallest absolute Gasteiger partial charge is 0.269 e. The third kappa shape index (κ3) is 5.33. The predicted octanol–water partition coefficient (Wildman–Crippen LogP) is 3.26. The van der Waals surface area contributed by atoms with Gasteiger partial charge in [0.25, 0.3) is 21.8 Å². The van der Waals surface area contributed by atoms with E-state index in [4.69, 9.17) is 11.6 Å². The van der Waals surface area contributed by atoms with Crippen LogP contribution in [0.4, 0.5) is 11.4 Å². The predicted molar refractivity (Wildman–Crippen MR) is 129 cm³/mol. The van der Waals surface area contributed by atoms with Gasteiger partial charge in [-0.05, 0) is 48.5 Å². The Morgan fingerprint density at radius 1 is 0.912 bits per heavy atom. The van der Waals surface area contributed by atoms with Gasteiger partial charge in [-0.25, -0.2) is 8.42 Å². The van der Waals surface area contributed by atoms with Crippen molar-refractivity contribution in [3.63, 3.8) is 0 Å². The van der Waals surface area contributed by atoms with Gasteiger partial charge in [0.15, 0.2) is 0 Å². The third-order valence-corrected chi connectivity index (χ3v) is 7.46. The number of benzene rings is 3. The number of sulfonamides is 1. The molecule has 4 N–H and O–H groups in total. The van der Waals surface area contributed by atoms with Gasteiger partial charge < -0.3 is 5.32 Å². The summed E-state index contributed by atoms with van der Waals surface area (Å²) in [6.45, 7) is 0. The van der Waals surface area contributed by atoms with E-state index in [2.05, 4.69) is 20.9 Å². The van der Waals surface area contributed by atoms with Crippen LogP contribution in [-0.2, 0) is 14.8 Å². The monoisotopic (exact) mass is 516 g/mol. The van der Waals surface area contributed by atoms with E-state index in [1.165, 1.54) is 48.2 Å². The highest BCUT2D eigenvalue weighted by atomic mass is 35.5. The fourth-order valence-electron chi connectivity index (χ4n) is 3.03. The lowest BCUT2D eigenvalue weighted by atomic mass is 10.2. The molecule has 1 aliphatic heterocycles. The number of hydrogen-bond acceptors (Lipinski definition) is 6. The lowest BCUT2D eigenvalue weighted by Crippen LogP contribution is -2.41. The van der Waals surface area contributed by atoms with Crippen LogP contribution in [0.3, 0.4) is 0 Å². The first kappa shape index (κ1) is 23.6. The van der Waals surface area contributed by atoms with E-state index in [0.29, 0.717) is 11.4 Å². The second-order valence-corrected chi connectivity index (χ2v) is 10.2. The van der Waals surface area contributed by atoms with Crippen LogP contribution in [0.1, 0.15) is 20.7 Å². The fourth-order valence-corrected chi connectivity index (χ4v) is 5.19. The summed E-state index contributed by atoms with van der Waals surface area (Å²) in [5.74, 6) is -1.19. The van der Waals surface area contributed by atoms with Gasteiger partial charge in [-0.1, -0.05) is 29.8 Å². The number of carbonyl (C=O) groups excluding carboxylic acids is 3. The number of thioether (sulfide) groups is 1. The second-order valence-electron chi connectivity index (χ2n) is 7.07. The van der Waals surface area contributed by atoms with Crippen LogP contribution in [0.5, 0.6) is 0 Å². The van der Waals surface area contributed by atoms with E-state index in [9.17, 15) is 22.8 Å². The molecule has 174 valence electrons. The van der Waals surface area contributed by atoms with Crippen molar-refractivity contribution >= 4 is 62.5 Å². The summed E-state index contributed by atoms with van der Waals surface area (Å²) in [5, 5.41) is 2.91. The molecule has 3 aromatic rings. The molecular formula is C22H17ClN4O5S2. The molecule has 1 heterocycles. The van der Waals surface area contributed by atoms with Crippen molar-refractivity contribution in [3.8, 4) is 0 Å². The van der Waals surface area contributed by atoms with E-state index in [-0.39, 0.29) is 32.6 Å². The minimum Gasteiger partial charge on any atom is -0.324 e. The minimum atomic E-state index is -4.02. The molecule has 4 rings (SSSR count). The van der Waals surface area contributed by atoms with Crippen molar-refractivity contribution in [2.24, 2.45) is 0 Å². The Bertz CT molecular complexity index is 1410. The largest absolute Gasteiger partial charge is 0.324 e. The zero-order valence-corrected chi connectivity index (χ0v) is 19.7. The topological polar surface area (TPSA) is 133 Å². The summed E-state index contributed by atoms with van der Waals surface area (Å²) in [5.41, 5.74) is 5.49. The Morgan fingerprint density at radius 3 is 2.35 bits per heavy atom. The fraction of sp³-hybridized carbons (Fsp3) is 0.0455. The van der Waals surface area contributed by atoms with Gasteiger partial charge in [-0.2, -0.15) is 0 Å². The van der Waals surface area contributed by atoms with Crippen LogP contribution in [-0.4, -0.2) is 31.9 Å². The molecule has 0 unspecified atom stereocenters. The quantitative estimate of drug-likeness (QED) is 0.385. The summed E-state index contributed by atoms with van der Waals surface area (Å²) in [6, 6.07) is 16.4. The highest BCUT2D eigenvalue weighted by Crippen LogP contribution is 2.32. The van der Waals surface area contributed by atoms with Gasteiger partial charge in [-0.15, -0.1) is 11.8 Å². The Labute approximate surface area is 204 Å². The van der Waals surface area contributed by atoms with Crippen molar-refractivity contribution in [2.75, 3.05) is 15.8 Å². The number of nitrogens with one attached hydrogen (secondary N) is 4. The first-order valence-corrected chi connectivity index (χ1v) is 12.6. The summed E-state index contributed by atoms with van der Waals surface area (Å²) < 4.78 is 27.8. The molecule has 3 amide bonds. The lowest BCUT2D eigenvalue weighted by Gasteiger charge is -2.17. The zero-order chi connectivity index (χ0) is 24.3. The number of amides is 3. The molecule has 0 fully saturated rings. The molecule has 0 atom stereocenters. The number of rotatable bonds is 5. The number of anilines is 2. The minimum absolute atomic E-state index is 0.0106. The summed E-state index contributed by atoms with van der Waals surface area (Å²) >= 11 is 7.38. The SMILES string of the molecule is O=C1CSc2ccc(C(=O)NNC(=O)c3cccc(S(=O)(=O)Nc4ccccc4Cl)c3)cc2N1. The van der Waals surface area contributed by atoms with E-state index >= 15 is 0 Å². The zero-order valence-electron chi connectivity index (χ0n) is 17.3. The molecule has 34 heavy (non-hydrogen) atoms. The van der Waals surface area contributed by atoms with Crippen molar-refractivity contribution < 1.29 is 22.8 Å². The molecule has 0 spiro atoms. The third-order valence-electron chi connectivity index (χ3n) is 4.69. The van der Waals surface area contributed by atoms with Crippen LogP contribution in [0, 0.1) is 0 Å². The maximum atomic E-state index is 12.7. The van der Waals surface area contributed by atoms with Gasteiger partial charge in [-0.3, -0.25) is 30.0 Å². The number of para-hydroxylation sites is 1. The summed E-state index contributed by atoms with van der Waals surface area (Å²) in [7, 11) is -4.02. The highest BCUT2D eigenvalue weighted by Gasteiger charge is 2.19. The number of hydrazine groups is 1.